The molecule has 1 aromatic carbocycles. The van der Waals surface area contributed by atoms with Gasteiger partial charge in [-0.05, 0) is 37.6 Å². The first-order valence-corrected chi connectivity index (χ1v) is 10.3. The van der Waals surface area contributed by atoms with E-state index in [9.17, 15) is 18.0 Å². The number of halogens is 3. The Balaban J connectivity index is 1.77. The summed E-state index contributed by atoms with van der Waals surface area (Å²) in [5, 5.41) is 3.84. The highest BCUT2D eigenvalue weighted by Crippen LogP contribution is 2.32. The number of hydrogen-bond acceptors (Lipinski definition) is 6. The van der Waals surface area contributed by atoms with E-state index in [-0.39, 0.29) is 5.56 Å². The molecule has 170 valence electrons. The van der Waals surface area contributed by atoms with E-state index in [0.29, 0.717) is 60.2 Å². The molecule has 1 fully saturated rings. The molecule has 2 aromatic heterocycles. The Morgan fingerprint density at radius 3 is 2.56 bits per heavy atom. The number of anilines is 2. The van der Waals surface area contributed by atoms with Crippen LogP contribution < -0.4 is 15.8 Å². The molecular weight excluding hydrogens is 423 g/mol. The Bertz CT molecular complexity index is 1200. The zero-order chi connectivity index (χ0) is 23.0. The van der Waals surface area contributed by atoms with Crippen LogP contribution in [0.15, 0.2) is 35.1 Å². The maximum atomic E-state index is 13.1. The quantitative estimate of drug-likeness (QED) is 0.658. The van der Waals surface area contributed by atoms with Gasteiger partial charge in [-0.1, -0.05) is 12.1 Å². The van der Waals surface area contributed by atoms with Crippen molar-refractivity contribution in [2.45, 2.75) is 26.1 Å². The van der Waals surface area contributed by atoms with E-state index in [4.69, 9.17) is 4.74 Å². The van der Waals surface area contributed by atoms with E-state index in [1.807, 2.05) is 4.90 Å². The molecule has 0 aliphatic carbocycles. The summed E-state index contributed by atoms with van der Waals surface area (Å²) in [6.45, 7) is 5.73. The minimum atomic E-state index is -4.42. The third-order valence-corrected chi connectivity index (χ3v) is 5.58. The number of pyridine rings is 1. The molecule has 1 atom stereocenters. The number of morpholine rings is 1. The fourth-order valence-corrected chi connectivity index (χ4v) is 3.84. The van der Waals surface area contributed by atoms with Gasteiger partial charge in [0.05, 0.1) is 24.2 Å². The minimum absolute atomic E-state index is 0.172. The first kappa shape index (κ1) is 22.1. The van der Waals surface area contributed by atoms with Crippen molar-refractivity contribution in [2.24, 2.45) is 7.05 Å². The standard InChI is InChI=1S/C22H24F3N5O2/c1-13(15-5-4-6-16(11-15)22(23,24)25)26-19-17-12-18(30-7-9-32-10-8-30)21(31)29(3)20(17)28-14(2)27-19/h4-6,11-13H,7-10H2,1-3H3,(H,26,27,28). The second-order valence-corrected chi connectivity index (χ2v) is 7.84. The number of fused-ring (bicyclic) bond motifs is 1. The first-order valence-electron chi connectivity index (χ1n) is 10.3. The maximum absolute atomic E-state index is 13.1. The molecule has 1 N–H and O–H groups in total. The molecule has 4 rings (SSSR count). The number of alkyl halides is 3. The highest BCUT2D eigenvalue weighted by molar-refractivity contribution is 5.89. The molecule has 32 heavy (non-hydrogen) atoms. The van der Waals surface area contributed by atoms with Crippen molar-refractivity contribution in [3.8, 4) is 0 Å². The number of aromatic nitrogens is 3. The number of aryl methyl sites for hydroxylation is 2. The van der Waals surface area contributed by atoms with Crippen LogP contribution in [0.2, 0.25) is 0 Å². The molecule has 1 aliphatic heterocycles. The molecule has 7 nitrogen and oxygen atoms in total. The second kappa shape index (κ2) is 8.42. The summed E-state index contributed by atoms with van der Waals surface area (Å²) in [6, 6.07) is 6.49. The lowest BCUT2D eigenvalue weighted by atomic mass is 10.0. The van der Waals surface area contributed by atoms with Crippen LogP contribution in [0.1, 0.15) is 29.9 Å². The number of ether oxygens (including phenoxy) is 1. The summed E-state index contributed by atoms with van der Waals surface area (Å²) in [5.74, 6) is 0.910. The lowest BCUT2D eigenvalue weighted by Crippen LogP contribution is -2.40. The largest absolute Gasteiger partial charge is 0.416 e. The number of rotatable bonds is 4. The zero-order valence-electron chi connectivity index (χ0n) is 18.0. The fourth-order valence-electron chi connectivity index (χ4n) is 3.84. The molecule has 0 spiro atoms. The van der Waals surface area contributed by atoms with E-state index in [2.05, 4.69) is 15.3 Å². The molecule has 1 unspecified atom stereocenters. The number of hydrogen-bond donors (Lipinski definition) is 1. The SMILES string of the molecule is Cc1nc(NC(C)c2cccc(C(F)(F)F)c2)c2cc(N3CCOCC3)c(=O)n(C)c2n1. The Kier molecular flexibility index (Phi) is 5.81. The highest BCUT2D eigenvalue weighted by atomic mass is 19.4. The van der Waals surface area contributed by atoms with Crippen LogP contribution in [0.25, 0.3) is 11.0 Å². The van der Waals surface area contributed by atoms with Crippen molar-refractivity contribution in [2.75, 3.05) is 36.5 Å². The number of nitrogens with zero attached hydrogens (tertiary/aromatic N) is 4. The van der Waals surface area contributed by atoms with Crippen LogP contribution >= 0.6 is 0 Å². The second-order valence-electron chi connectivity index (χ2n) is 7.84. The van der Waals surface area contributed by atoms with Gasteiger partial charge in [0, 0.05) is 26.2 Å². The summed E-state index contributed by atoms with van der Waals surface area (Å²) in [7, 11) is 1.65. The lowest BCUT2D eigenvalue weighted by molar-refractivity contribution is -0.137. The van der Waals surface area contributed by atoms with Gasteiger partial charge >= 0.3 is 6.18 Å². The third kappa shape index (κ3) is 4.27. The monoisotopic (exact) mass is 447 g/mol. The van der Waals surface area contributed by atoms with Gasteiger partial charge in [-0.25, -0.2) is 9.97 Å². The molecule has 0 amide bonds. The summed E-state index contributed by atoms with van der Waals surface area (Å²) >= 11 is 0. The summed E-state index contributed by atoms with van der Waals surface area (Å²) in [4.78, 5) is 23.9. The summed E-state index contributed by atoms with van der Waals surface area (Å²) < 4.78 is 46.3. The van der Waals surface area contributed by atoms with Gasteiger partial charge < -0.3 is 15.0 Å². The molecule has 0 radical (unpaired) electrons. The zero-order valence-corrected chi connectivity index (χ0v) is 18.0. The smallest absolute Gasteiger partial charge is 0.378 e. The molecule has 0 bridgehead atoms. The van der Waals surface area contributed by atoms with Crippen LogP contribution in [0.3, 0.4) is 0 Å². The van der Waals surface area contributed by atoms with Gasteiger partial charge in [-0.2, -0.15) is 13.2 Å². The van der Waals surface area contributed by atoms with Crippen molar-refractivity contribution >= 4 is 22.5 Å². The Hall–Kier alpha value is -3.14. The molecule has 3 heterocycles. The normalized spacial score (nSPS) is 15.8. The molecular formula is C22H24F3N5O2. The van der Waals surface area contributed by atoms with Crippen molar-refractivity contribution in [1.82, 2.24) is 14.5 Å². The van der Waals surface area contributed by atoms with Gasteiger partial charge in [-0.3, -0.25) is 9.36 Å². The molecule has 0 saturated carbocycles. The highest BCUT2D eigenvalue weighted by Gasteiger charge is 2.30. The lowest BCUT2D eigenvalue weighted by Gasteiger charge is -2.29. The van der Waals surface area contributed by atoms with Gasteiger partial charge in [0.2, 0.25) is 0 Å². The van der Waals surface area contributed by atoms with Crippen LogP contribution in [-0.4, -0.2) is 40.8 Å². The van der Waals surface area contributed by atoms with Gasteiger partial charge in [-0.15, -0.1) is 0 Å². The van der Waals surface area contributed by atoms with E-state index >= 15 is 0 Å². The minimum Gasteiger partial charge on any atom is -0.378 e. The maximum Gasteiger partial charge on any atom is 0.416 e. The average molecular weight is 447 g/mol. The van der Waals surface area contributed by atoms with Crippen molar-refractivity contribution < 1.29 is 17.9 Å². The van der Waals surface area contributed by atoms with E-state index < -0.39 is 17.8 Å². The summed E-state index contributed by atoms with van der Waals surface area (Å²) in [6.07, 6.45) is -4.42. The molecule has 10 heteroatoms. The van der Waals surface area contributed by atoms with Gasteiger partial charge in [0.15, 0.2) is 0 Å². The molecule has 1 saturated heterocycles. The van der Waals surface area contributed by atoms with Gasteiger partial charge in [0.25, 0.3) is 5.56 Å². The Labute approximate surface area is 182 Å². The average Bonchev–Trinajstić information content (AvgIpc) is 2.76. The molecule has 3 aromatic rings. The number of benzene rings is 1. The van der Waals surface area contributed by atoms with E-state index in [0.717, 1.165) is 12.1 Å². The van der Waals surface area contributed by atoms with E-state index in [1.54, 1.807) is 33.0 Å². The van der Waals surface area contributed by atoms with Crippen LogP contribution in [0.4, 0.5) is 24.7 Å². The number of nitrogens with one attached hydrogen (secondary N) is 1. The van der Waals surface area contributed by atoms with Crippen LogP contribution in [0.5, 0.6) is 0 Å². The summed E-state index contributed by atoms with van der Waals surface area (Å²) in [5.41, 5.74) is 0.574. The topological polar surface area (TPSA) is 72.3 Å². The van der Waals surface area contributed by atoms with Crippen LogP contribution in [-0.2, 0) is 18.0 Å². The predicted octanol–water partition coefficient (Wildman–Crippen LogP) is 3.67. The van der Waals surface area contributed by atoms with Gasteiger partial charge in [0.1, 0.15) is 23.0 Å². The van der Waals surface area contributed by atoms with Crippen molar-refractivity contribution in [3.05, 3.63) is 57.6 Å². The van der Waals surface area contributed by atoms with Crippen LogP contribution in [0, 0.1) is 6.92 Å². The fraction of sp³-hybridized carbons (Fsp3) is 0.409. The third-order valence-electron chi connectivity index (χ3n) is 5.58. The van der Waals surface area contributed by atoms with E-state index in [1.165, 1.54) is 10.6 Å². The first-order chi connectivity index (χ1) is 15.1. The van der Waals surface area contributed by atoms with Crippen molar-refractivity contribution in [1.29, 1.82) is 0 Å². The molecule has 1 aliphatic rings. The Morgan fingerprint density at radius 1 is 1.16 bits per heavy atom. The van der Waals surface area contributed by atoms with Crippen molar-refractivity contribution in [3.63, 3.8) is 0 Å². The predicted molar refractivity (Wildman–Crippen MR) is 116 cm³/mol. The Morgan fingerprint density at radius 2 is 1.88 bits per heavy atom.